The molecule has 0 heterocycles. The maximum absolute atomic E-state index is 3.23. The average Bonchev–Trinajstić information content (AvgIpc) is 2.17. The summed E-state index contributed by atoms with van der Waals surface area (Å²) < 4.78 is 0. The van der Waals surface area contributed by atoms with Crippen LogP contribution in [0.5, 0.6) is 0 Å². The molecule has 1 heteroatoms. The number of hydrogen-bond acceptors (Lipinski definition) is 1. The lowest BCUT2D eigenvalue weighted by Crippen LogP contribution is -2.25. The molecule has 0 aliphatic heterocycles. The van der Waals surface area contributed by atoms with Gasteiger partial charge in [0.1, 0.15) is 0 Å². The molecule has 0 saturated carbocycles. The van der Waals surface area contributed by atoms with Gasteiger partial charge in [-0.1, -0.05) is 32.8 Å². The summed E-state index contributed by atoms with van der Waals surface area (Å²) in [6.07, 6.45) is 5.37. The molecule has 0 aliphatic rings. The van der Waals surface area contributed by atoms with Crippen LogP contribution in [0.3, 0.4) is 0 Å². The normalized spacial score (nSPS) is 13.4. The van der Waals surface area contributed by atoms with E-state index in [0.717, 1.165) is 19.3 Å². The molecule has 1 unspecified atom stereocenters. The Morgan fingerprint density at radius 1 is 1.38 bits per heavy atom. The predicted molar refractivity (Wildman–Crippen MR) is 59.6 cm³/mol. The molecule has 0 amide bonds. The van der Waals surface area contributed by atoms with Gasteiger partial charge >= 0.3 is 0 Å². The van der Waals surface area contributed by atoms with E-state index in [1.807, 2.05) is 7.05 Å². The van der Waals surface area contributed by atoms with Crippen LogP contribution in [0.15, 0.2) is 11.6 Å². The molecule has 1 N–H and O–H groups in total. The number of nitrogens with one attached hydrogen (secondary N) is 1. The first-order valence-electron chi connectivity index (χ1n) is 5.14. The molecule has 1 atom stereocenters. The van der Waals surface area contributed by atoms with Gasteiger partial charge in [0.2, 0.25) is 0 Å². The molecule has 0 spiro atoms. The van der Waals surface area contributed by atoms with E-state index in [1.54, 1.807) is 0 Å². The number of likely N-dealkylation sites (N-methyl/N-ethyl adjacent to an activating group) is 1. The molecule has 1 nitrogen and oxygen atoms in total. The zero-order chi connectivity index (χ0) is 10.1. The largest absolute Gasteiger partial charge is 0.303 e. The summed E-state index contributed by atoms with van der Waals surface area (Å²) in [6, 6.07) is 0.255. The van der Waals surface area contributed by atoms with Gasteiger partial charge in [0.05, 0.1) is 6.04 Å². The van der Waals surface area contributed by atoms with E-state index in [4.69, 9.17) is 0 Å². The fourth-order valence-electron chi connectivity index (χ4n) is 1.28. The van der Waals surface area contributed by atoms with E-state index < -0.39 is 0 Å². The molecular weight excluding hydrogens is 158 g/mol. The minimum atomic E-state index is 0.255. The van der Waals surface area contributed by atoms with E-state index >= 15 is 0 Å². The third-order valence-electron chi connectivity index (χ3n) is 1.96. The van der Waals surface area contributed by atoms with Crippen LogP contribution in [0.2, 0.25) is 0 Å². The van der Waals surface area contributed by atoms with Crippen LogP contribution < -0.4 is 5.32 Å². The van der Waals surface area contributed by atoms with Crippen molar-refractivity contribution in [3.05, 3.63) is 11.6 Å². The summed E-state index contributed by atoms with van der Waals surface area (Å²) in [6.45, 7) is 6.42. The lowest BCUT2D eigenvalue weighted by atomic mass is 10.0. The Kier molecular flexibility index (Phi) is 7.44. The fourth-order valence-corrected chi connectivity index (χ4v) is 1.28. The lowest BCUT2D eigenvalue weighted by Gasteiger charge is -2.12. The first-order chi connectivity index (χ1) is 6.29. The Balaban J connectivity index is 4.43. The van der Waals surface area contributed by atoms with Gasteiger partial charge in [0, 0.05) is 6.42 Å². The van der Waals surface area contributed by atoms with E-state index in [1.165, 1.54) is 5.57 Å². The van der Waals surface area contributed by atoms with Crippen LogP contribution in [-0.4, -0.2) is 13.1 Å². The molecule has 0 rings (SSSR count). The number of hydrogen-bond donors (Lipinski definition) is 1. The quantitative estimate of drug-likeness (QED) is 0.517. The molecule has 0 aromatic carbocycles. The van der Waals surface area contributed by atoms with Gasteiger partial charge in [-0.05, 0) is 25.5 Å². The zero-order valence-electron chi connectivity index (χ0n) is 9.28. The van der Waals surface area contributed by atoms with Crippen molar-refractivity contribution in [3.8, 4) is 11.8 Å². The van der Waals surface area contributed by atoms with Crippen molar-refractivity contribution in [2.75, 3.05) is 7.05 Å². The second-order valence-corrected chi connectivity index (χ2v) is 2.94. The van der Waals surface area contributed by atoms with Crippen LogP contribution in [0.1, 0.15) is 40.0 Å². The molecule has 0 fully saturated rings. The van der Waals surface area contributed by atoms with Crippen molar-refractivity contribution in [1.82, 2.24) is 5.32 Å². The summed E-state index contributed by atoms with van der Waals surface area (Å²) in [4.78, 5) is 0. The van der Waals surface area contributed by atoms with Gasteiger partial charge in [0.15, 0.2) is 0 Å². The maximum Gasteiger partial charge on any atom is 0.0902 e. The van der Waals surface area contributed by atoms with Gasteiger partial charge in [-0.3, -0.25) is 0 Å². The highest BCUT2D eigenvalue weighted by Crippen LogP contribution is 2.07. The molecule has 0 aliphatic carbocycles. The second-order valence-electron chi connectivity index (χ2n) is 2.94. The first-order valence-corrected chi connectivity index (χ1v) is 5.14. The van der Waals surface area contributed by atoms with E-state index in [-0.39, 0.29) is 6.04 Å². The Labute approximate surface area is 82.6 Å². The maximum atomic E-state index is 3.23. The number of allylic oxidation sites excluding steroid dienone is 1. The van der Waals surface area contributed by atoms with Crippen molar-refractivity contribution >= 4 is 0 Å². The Hall–Kier alpha value is -0.740. The molecule has 13 heavy (non-hydrogen) atoms. The van der Waals surface area contributed by atoms with Crippen LogP contribution in [-0.2, 0) is 0 Å². The second kappa shape index (κ2) is 7.89. The molecule has 74 valence electrons. The topological polar surface area (TPSA) is 12.0 Å². The first kappa shape index (κ1) is 12.3. The Bertz CT molecular complexity index is 205. The highest BCUT2D eigenvalue weighted by Gasteiger charge is 2.05. The summed E-state index contributed by atoms with van der Waals surface area (Å²) in [7, 11) is 1.97. The summed E-state index contributed by atoms with van der Waals surface area (Å²) >= 11 is 0. The van der Waals surface area contributed by atoms with Crippen LogP contribution in [0.25, 0.3) is 0 Å². The van der Waals surface area contributed by atoms with E-state index in [2.05, 4.69) is 44.0 Å². The van der Waals surface area contributed by atoms with Gasteiger partial charge < -0.3 is 5.32 Å². The van der Waals surface area contributed by atoms with Gasteiger partial charge in [0.25, 0.3) is 0 Å². The standard InChI is InChI=1S/C12H21N/c1-5-8-10-12(13-4)11(7-3)9-6-2/h9,12-13H,5-7H2,1-4H3/b11-9-. The highest BCUT2D eigenvalue weighted by molar-refractivity contribution is 5.24. The Morgan fingerprint density at radius 2 is 2.08 bits per heavy atom. The van der Waals surface area contributed by atoms with Crippen molar-refractivity contribution in [1.29, 1.82) is 0 Å². The smallest absolute Gasteiger partial charge is 0.0902 e. The monoisotopic (exact) mass is 179 g/mol. The Morgan fingerprint density at radius 3 is 2.46 bits per heavy atom. The van der Waals surface area contributed by atoms with Crippen molar-refractivity contribution in [2.45, 2.75) is 46.1 Å². The van der Waals surface area contributed by atoms with Crippen LogP contribution >= 0.6 is 0 Å². The lowest BCUT2D eigenvalue weighted by molar-refractivity contribution is 0.739. The predicted octanol–water partition coefficient (Wildman–Crippen LogP) is 2.73. The van der Waals surface area contributed by atoms with Gasteiger partial charge in [-0.25, -0.2) is 0 Å². The third-order valence-corrected chi connectivity index (χ3v) is 1.96. The van der Waals surface area contributed by atoms with Gasteiger partial charge in [-0.15, -0.1) is 5.92 Å². The number of rotatable bonds is 4. The highest BCUT2D eigenvalue weighted by atomic mass is 14.9. The SMILES string of the molecule is CCC#CC(NC)/C(=C\CC)CC. The molecule has 0 saturated heterocycles. The summed E-state index contributed by atoms with van der Waals surface area (Å²) in [5.74, 6) is 6.34. The average molecular weight is 179 g/mol. The molecule has 0 bridgehead atoms. The zero-order valence-corrected chi connectivity index (χ0v) is 9.28. The third kappa shape index (κ3) is 4.75. The molecule has 0 radical (unpaired) electrons. The van der Waals surface area contributed by atoms with Crippen LogP contribution in [0.4, 0.5) is 0 Å². The van der Waals surface area contributed by atoms with E-state index in [9.17, 15) is 0 Å². The molecular formula is C12H21N. The van der Waals surface area contributed by atoms with Crippen molar-refractivity contribution in [3.63, 3.8) is 0 Å². The van der Waals surface area contributed by atoms with Crippen molar-refractivity contribution in [2.24, 2.45) is 0 Å². The van der Waals surface area contributed by atoms with Crippen molar-refractivity contribution < 1.29 is 0 Å². The van der Waals surface area contributed by atoms with Crippen LogP contribution in [0, 0.1) is 11.8 Å². The molecule has 0 aromatic heterocycles. The minimum absolute atomic E-state index is 0.255. The minimum Gasteiger partial charge on any atom is -0.303 e. The summed E-state index contributed by atoms with van der Waals surface area (Å²) in [5, 5.41) is 3.23. The summed E-state index contributed by atoms with van der Waals surface area (Å²) in [5.41, 5.74) is 1.41. The van der Waals surface area contributed by atoms with E-state index in [0.29, 0.717) is 0 Å². The molecule has 0 aromatic rings. The fraction of sp³-hybridized carbons (Fsp3) is 0.667. The van der Waals surface area contributed by atoms with Gasteiger partial charge in [-0.2, -0.15) is 0 Å².